The molecule has 1 aromatic carbocycles. The molecule has 0 bridgehead atoms. The molecule has 0 spiro atoms. The number of rotatable bonds is 0. The van der Waals surface area contributed by atoms with E-state index < -0.39 is 0 Å². The van der Waals surface area contributed by atoms with E-state index in [0.717, 1.165) is 18.4 Å². The van der Waals surface area contributed by atoms with Gasteiger partial charge in [0.25, 0.3) is 0 Å². The third-order valence-corrected chi connectivity index (χ3v) is 3.02. The molecule has 0 fully saturated rings. The molecule has 1 heterocycles. The summed E-state index contributed by atoms with van der Waals surface area (Å²) in [7, 11) is 0. The molecule has 0 aliphatic carbocycles. The van der Waals surface area contributed by atoms with Crippen LogP contribution < -0.4 is 4.74 Å². The van der Waals surface area contributed by atoms with Crippen molar-refractivity contribution in [2.75, 3.05) is 6.61 Å². The van der Waals surface area contributed by atoms with Crippen LogP contribution in [0.3, 0.4) is 0 Å². The highest BCUT2D eigenvalue weighted by Crippen LogP contribution is 2.43. The first-order valence-electron chi connectivity index (χ1n) is 4.03. The molecule has 0 amide bonds. The summed E-state index contributed by atoms with van der Waals surface area (Å²) in [6.07, 6.45) is 1.82. The topological polar surface area (TPSA) is 29.5 Å². The Morgan fingerprint density at radius 1 is 1.54 bits per heavy atom. The highest BCUT2D eigenvalue weighted by atomic mass is 79.9. The van der Waals surface area contributed by atoms with Crippen molar-refractivity contribution in [1.82, 2.24) is 0 Å². The second-order valence-electron chi connectivity index (χ2n) is 2.95. The summed E-state index contributed by atoms with van der Waals surface area (Å²) in [5, 5.41) is 10.3. The predicted molar refractivity (Wildman–Crippen MR) is 54.6 cm³/mol. The summed E-state index contributed by atoms with van der Waals surface area (Å²) in [4.78, 5) is 0. The normalized spacial score (nSPS) is 14.9. The van der Waals surface area contributed by atoms with Crippen LogP contribution in [0.2, 0.25) is 5.02 Å². The number of benzene rings is 1. The third-order valence-electron chi connectivity index (χ3n) is 2.07. The van der Waals surface area contributed by atoms with Gasteiger partial charge in [-0.05, 0) is 34.8 Å². The Balaban J connectivity index is 2.63. The first-order chi connectivity index (χ1) is 6.20. The SMILES string of the molecule is Oc1c(Br)cc(Cl)c2c1OCCC2. The Kier molecular flexibility index (Phi) is 2.39. The van der Waals surface area contributed by atoms with Gasteiger partial charge >= 0.3 is 0 Å². The summed E-state index contributed by atoms with van der Waals surface area (Å²) >= 11 is 9.21. The van der Waals surface area contributed by atoms with Gasteiger partial charge in [0, 0.05) is 10.6 Å². The molecule has 13 heavy (non-hydrogen) atoms. The molecular formula is C9H8BrClO2. The van der Waals surface area contributed by atoms with Crippen LogP contribution >= 0.6 is 27.5 Å². The predicted octanol–water partition coefficient (Wildman–Crippen LogP) is 3.13. The van der Waals surface area contributed by atoms with Gasteiger partial charge in [-0.2, -0.15) is 0 Å². The number of halogens is 2. The average Bonchev–Trinajstić information content (AvgIpc) is 2.15. The first kappa shape index (κ1) is 9.16. The number of hydrogen-bond acceptors (Lipinski definition) is 2. The fourth-order valence-corrected chi connectivity index (χ4v) is 2.27. The minimum atomic E-state index is 0.152. The Bertz CT molecular complexity index is 352. The molecule has 0 atom stereocenters. The highest BCUT2D eigenvalue weighted by Gasteiger charge is 2.19. The van der Waals surface area contributed by atoms with E-state index in [1.165, 1.54) is 0 Å². The van der Waals surface area contributed by atoms with Gasteiger partial charge in [-0.1, -0.05) is 11.6 Å². The van der Waals surface area contributed by atoms with Crippen LogP contribution in [0.5, 0.6) is 11.5 Å². The monoisotopic (exact) mass is 262 g/mol. The molecule has 4 heteroatoms. The Labute approximate surface area is 89.6 Å². The van der Waals surface area contributed by atoms with Gasteiger partial charge in [0.05, 0.1) is 11.1 Å². The maximum atomic E-state index is 9.64. The van der Waals surface area contributed by atoms with Gasteiger partial charge in [-0.3, -0.25) is 0 Å². The zero-order chi connectivity index (χ0) is 9.42. The van der Waals surface area contributed by atoms with Gasteiger partial charge in [0.15, 0.2) is 11.5 Å². The number of aromatic hydroxyl groups is 1. The first-order valence-corrected chi connectivity index (χ1v) is 5.20. The van der Waals surface area contributed by atoms with Crippen molar-refractivity contribution in [3.05, 3.63) is 21.1 Å². The Morgan fingerprint density at radius 3 is 3.08 bits per heavy atom. The zero-order valence-corrected chi connectivity index (χ0v) is 9.15. The smallest absolute Gasteiger partial charge is 0.172 e. The van der Waals surface area contributed by atoms with Crippen LogP contribution in [0.15, 0.2) is 10.5 Å². The fraction of sp³-hybridized carbons (Fsp3) is 0.333. The van der Waals surface area contributed by atoms with Gasteiger partial charge < -0.3 is 9.84 Å². The van der Waals surface area contributed by atoms with E-state index in [0.29, 0.717) is 21.9 Å². The molecule has 0 saturated carbocycles. The van der Waals surface area contributed by atoms with E-state index in [4.69, 9.17) is 16.3 Å². The van der Waals surface area contributed by atoms with Gasteiger partial charge in [-0.15, -0.1) is 0 Å². The fourth-order valence-electron chi connectivity index (χ4n) is 1.44. The molecular weight excluding hydrogens is 255 g/mol. The summed E-state index contributed by atoms with van der Waals surface area (Å²) < 4.78 is 5.93. The summed E-state index contributed by atoms with van der Waals surface area (Å²) in [6, 6.07) is 1.70. The minimum Gasteiger partial charge on any atom is -0.503 e. The van der Waals surface area contributed by atoms with Gasteiger partial charge in [0.1, 0.15) is 0 Å². The molecule has 1 aliphatic heterocycles. The van der Waals surface area contributed by atoms with Gasteiger partial charge in [-0.25, -0.2) is 0 Å². The largest absolute Gasteiger partial charge is 0.503 e. The van der Waals surface area contributed by atoms with Crippen molar-refractivity contribution in [2.24, 2.45) is 0 Å². The molecule has 0 aromatic heterocycles. The van der Waals surface area contributed by atoms with Crippen molar-refractivity contribution < 1.29 is 9.84 Å². The highest BCUT2D eigenvalue weighted by molar-refractivity contribution is 9.10. The molecule has 1 N–H and O–H groups in total. The lowest BCUT2D eigenvalue weighted by Crippen LogP contribution is -2.09. The van der Waals surface area contributed by atoms with Crippen LogP contribution in [0.4, 0.5) is 0 Å². The van der Waals surface area contributed by atoms with Crippen LogP contribution in [0, 0.1) is 0 Å². The number of phenols is 1. The second-order valence-corrected chi connectivity index (χ2v) is 4.21. The standard InChI is InChI=1S/C9H8BrClO2/c10-6-4-7(11)5-2-1-3-13-9(5)8(6)12/h4,12H,1-3H2. The van der Waals surface area contributed by atoms with E-state index in [2.05, 4.69) is 15.9 Å². The van der Waals surface area contributed by atoms with Crippen molar-refractivity contribution in [3.8, 4) is 11.5 Å². The van der Waals surface area contributed by atoms with E-state index in [1.54, 1.807) is 6.07 Å². The maximum absolute atomic E-state index is 9.64. The lowest BCUT2D eigenvalue weighted by molar-refractivity contribution is 0.272. The maximum Gasteiger partial charge on any atom is 0.172 e. The number of ether oxygens (including phenoxy) is 1. The molecule has 0 radical (unpaired) electrons. The number of phenolic OH excluding ortho intramolecular Hbond substituents is 1. The lowest BCUT2D eigenvalue weighted by Gasteiger charge is -2.19. The minimum absolute atomic E-state index is 0.152. The van der Waals surface area contributed by atoms with Crippen LogP contribution in [0.25, 0.3) is 0 Å². The van der Waals surface area contributed by atoms with E-state index in [1.807, 2.05) is 0 Å². The Morgan fingerprint density at radius 2 is 2.31 bits per heavy atom. The molecule has 2 nitrogen and oxygen atoms in total. The number of fused-ring (bicyclic) bond motifs is 1. The van der Waals surface area contributed by atoms with Crippen molar-refractivity contribution in [1.29, 1.82) is 0 Å². The molecule has 1 aromatic rings. The average molecular weight is 264 g/mol. The molecule has 70 valence electrons. The third kappa shape index (κ3) is 1.51. The summed E-state index contributed by atoms with van der Waals surface area (Å²) in [5.74, 6) is 0.685. The second kappa shape index (κ2) is 3.39. The zero-order valence-electron chi connectivity index (χ0n) is 6.81. The van der Waals surface area contributed by atoms with Crippen molar-refractivity contribution in [2.45, 2.75) is 12.8 Å². The van der Waals surface area contributed by atoms with E-state index in [-0.39, 0.29) is 5.75 Å². The molecule has 0 saturated heterocycles. The lowest BCUT2D eigenvalue weighted by atomic mass is 10.1. The molecule has 1 aliphatic rings. The van der Waals surface area contributed by atoms with E-state index in [9.17, 15) is 5.11 Å². The summed E-state index contributed by atoms with van der Waals surface area (Å²) in [5.41, 5.74) is 0.911. The van der Waals surface area contributed by atoms with Crippen LogP contribution in [0.1, 0.15) is 12.0 Å². The molecule has 2 rings (SSSR count). The quantitative estimate of drug-likeness (QED) is 0.779. The Hall–Kier alpha value is -0.410. The van der Waals surface area contributed by atoms with Crippen LogP contribution in [-0.4, -0.2) is 11.7 Å². The van der Waals surface area contributed by atoms with Crippen LogP contribution in [-0.2, 0) is 6.42 Å². The number of hydrogen-bond donors (Lipinski definition) is 1. The summed E-state index contributed by atoms with van der Waals surface area (Å²) in [6.45, 7) is 0.646. The van der Waals surface area contributed by atoms with Gasteiger partial charge in [0.2, 0.25) is 0 Å². The van der Waals surface area contributed by atoms with Crippen molar-refractivity contribution in [3.63, 3.8) is 0 Å². The van der Waals surface area contributed by atoms with Crippen molar-refractivity contribution >= 4 is 27.5 Å². The molecule has 0 unspecified atom stereocenters. The van der Waals surface area contributed by atoms with E-state index >= 15 is 0 Å².